The molecule has 0 spiro atoms. The van der Waals surface area contributed by atoms with E-state index in [-0.39, 0.29) is 0 Å². The van der Waals surface area contributed by atoms with Crippen molar-refractivity contribution in [1.82, 2.24) is 4.98 Å². The van der Waals surface area contributed by atoms with Crippen LogP contribution in [0.15, 0.2) is 28.1 Å². The minimum Gasteiger partial charge on any atom is -0.422 e. The molecule has 0 unspecified atom stereocenters. The Balaban J connectivity index is 2.11. The summed E-state index contributed by atoms with van der Waals surface area (Å²) in [6.07, 6.45) is 0. The van der Waals surface area contributed by atoms with E-state index < -0.39 is 5.97 Å². The van der Waals surface area contributed by atoms with E-state index in [1.165, 1.54) is 11.3 Å². The molecule has 2 rings (SSSR count). The van der Waals surface area contributed by atoms with E-state index in [1.807, 2.05) is 19.1 Å². The predicted molar refractivity (Wildman–Crippen MR) is 76.7 cm³/mol. The van der Waals surface area contributed by atoms with Crippen molar-refractivity contribution < 1.29 is 14.3 Å². The third-order valence-electron chi connectivity index (χ3n) is 2.37. The number of halogens is 1. The summed E-state index contributed by atoms with van der Waals surface area (Å²) in [7, 11) is 1.59. The lowest BCUT2D eigenvalue weighted by atomic mass is 10.2. The third kappa shape index (κ3) is 3.62. The fourth-order valence-electron chi connectivity index (χ4n) is 1.47. The van der Waals surface area contributed by atoms with E-state index >= 15 is 0 Å². The Labute approximate surface area is 123 Å². The Morgan fingerprint density at radius 2 is 2.26 bits per heavy atom. The molecule has 0 bridgehead atoms. The van der Waals surface area contributed by atoms with Gasteiger partial charge in [-0.05, 0) is 30.7 Å². The molecule has 0 aliphatic carbocycles. The van der Waals surface area contributed by atoms with Crippen LogP contribution < -0.4 is 4.74 Å². The topological polar surface area (TPSA) is 48.4 Å². The maximum Gasteiger partial charge on any atom is 0.363 e. The number of nitrogens with zero attached hydrogens (tertiary/aromatic N) is 1. The molecule has 0 amide bonds. The zero-order chi connectivity index (χ0) is 13.8. The number of esters is 1. The van der Waals surface area contributed by atoms with Crippen LogP contribution in [-0.2, 0) is 11.3 Å². The first-order valence-electron chi connectivity index (χ1n) is 5.52. The summed E-state index contributed by atoms with van der Waals surface area (Å²) >= 11 is 4.74. The molecule has 0 aliphatic heterocycles. The van der Waals surface area contributed by atoms with Gasteiger partial charge in [-0.3, -0.25) is 0 Å². The van der Waals surface area contributed by atoms with Crippen molar-refractivity contribution in [3.05, 3.63) is 44.3 Å². The number of hydrogen-bond donors (Lipinski definition) is 0. The molecule has 1 aromatic heterocycles. The van der Waals surface area contributed by atoms with Gasteiger partial charge in [0.25, 0.3) is 0 Å². The molecular formula is C13H12BrNO3S. The molecule has 0 radical (unpaired) electrons. The van der Waals surface area contributed by atoms with E-state index in [4.69, 9.17) is 9.47 Å². The first-order valence-corrected chi connectivity index (χ1v) is 7.19. The fraction of sp³-hybridized carbons (Fsp3) is 0.231. The Morgan fingerprint density at radius 1 is 1.47 bits per heavy atom. The van der Waals surface area contributed by atoms with Crippen LogP contribution in [0.5, 0.6) is 5.75 Å². The molecule has 2 aromatic rings. The van der Waals surface area contributed by atoms with Crippen LogP contribution in [0.2, 0.25) is 0 Å². The SMILES string of the molecule is COCc1nc(C(=O)Oc2ccc(Br)cc2C)cs1. The molecular weight excluding hydrogens is 330 g/mol. The van der Waals surface area contributed by atoms with Crippen molar-refractivity contribution >= 4 is 33.2 Å². The van der Waals surface area contributed by atoms with Crippen LogP contribution in [0.4, 0.5) is 0 Å². The number of benzene rings is 1. The van der Waals surface area contributed by atoms with Crippen LogP contribution in [0.25, 0.3) is 0 Å². The number of aromatic nitrogens is 1. The number of hydrogen-bond acceptors (Lipinski definition) is 5. The average molecular weight is 342 g/mol. The number of ether oxygens (including phenoxy) is 2. The van der Waals surface area contributed by atoms with Crippen LogP contribution >= 0.6 is 27.3 Å². The first kappa shape index (κ1) is 14.2. The maximum atomic E-state index is 11.9. The smallest absolute Gasteiger partial charge is 0.363 e. The van der Waals surface area contributed by atoms with Crippen molar-refractivity contribution in [1.29, 1.82) is 0 Å². The van der Waals surface area contributed by atoms with Gasteiger partial charge in [-0.15, -0.1) is 11.3 Å². The lowest BCUT2D eigenvalue weighted by Gasteiger charge is -2.06. The zero-order valence-electron chi connectivity index (χ0n) is 10.5. The number of aryl methyl sites for hydroxylation is 1. The highest BCUT2D eigenvalue weighted by Crippen LogP contribution is 2.23. The van der Waals surface area contributed by atoms with E-state index in [9.17, 15) is 4.79 Å². The second-order valence-electron chi connectivity index (χ2n) is 3.86. The summed E-state index contributed by atoms with van der Waals surface area (Å²) in [5.41, 5.74) is 1.19. The highest BCUT2D eigenvalue weighted by molar-refractivity contribution is 9.10. The Kier molecular flexibility index (Phi) is 4.68. The number of thiazole rings is 1. The molecule has 19 heavy (non-hydrogen) atoms. The molecule has 0 fully saturated rings. The van der Waals surface area contributed by atoms with Crippen LogP contribution in [0.1, 0.15) is 21.1 Å². The van der Waals surface area contributed by atoms with Gasteiger partial charge < -0.3 is 9.47 Å². The van der Waals surface area contributed by atoms with E-state index in [0.717, 1.165) is 15.0 Å². The molecule has 1 heterocycles. The van der Waals surface area contributed by atoms with Gasteiger partial charge in [0.1, 0.15) is 10.8 Å². The molecule has 6 heteroatoms. The van der Waals surface area contributed by atoms with Gasteiger partial charge >= 0.3 is 5.97 Å². The van der Waals surface area contributed by atoms with Crippen molar-refractivity contribution in [2.75, 3.05) is 7.11 Å². The van der Waals surface area contributed by atoms with Gasteiger partial charge in [-0.2, -0.15) is 0 Å². The molecule has 0 aliphatic rings. The zero-order valence-corrected chi connectivity index (χ0v) is 12.9. The van der Waals surface area contributed by atoms with Crippen molar-refractivity contribution in [3.63, 3.8) is 0 Å². The summed E-state index contributed by atoms with van der Waals surface area (Å²) < 4.78 is 11.2. The van der Waals surface area contributed by atoms with Crippen LogP contribution in [0.3, 0.4) is 0 Å². The minimum absolute atomic E-state index is 0.305. The molecule has 0 N–H and O–H groups in total. The molecule has 0 saturated heterocycles. The van der Waals surface area contributed by atoms with E-state index in [1.54, 1.807) is 18.6 Å². The van der Waals surface area contributed by atoms with Gasteiger partial charge in [0.2, 0.25) is 0 Å². The lowest BCUT2D eigenvalue weighted by Crippen LogP contribution is -2.10. The highest BCUT2D eigenvalue weighted by Gasteiger charge is 2.14. The predicted octanol–water partition coefficient (Wildman–Crippen LogP) is 3.58. The standard InChI is InChI=1S/C13H12BrNO3S/c1-8-5-9(14)3-4-11(8)18-13(16)10-7-19-12(15-10)6-17-2/h3-5,7H,6H2,1-2H3. The molecule has 100 valence electrons. The van der Waals surface area contributed by atoms with Gasteiger partial charge in [0, 0.05) is 17.0 Å². The number of carbonyl (C=O) groups is 1. The van der Waals surface area contributed by atoms with Gasteiger partial charge in [0.05, 0.1) is 6.61 Å². The summed E-state index contributed by atoms with van der Waals surface area (Å²) in [4.78, 5) is 16.1. The highest BCUT2D eigenvalue weighted by atomic mass is 79.9. The van der Waals surface area contributed by atoms with Crippen LogP contribution in [0, 0.1) is 6.92 Å². The second kappa shape index (κ2) is 6.27. The van der Waals surface area contributed by atoms with E-state index in [2.05, 4.69) is 20.9 Å². The molecule has 1 aromatic carbocycles. The van der Waals surface area contributed by atoms with Crippen LogP contribution in [-0.4, -0.2) is 18.1 Å². The number of rotatable bonds is 4. The summed E-state index contributed by atoms with van der Waals surface area (Å²) in [6.45, 7) is 2.28. The monoisotopic (exact) mass is 341 g/mol. The largest absolute Gasteiger partial charge is 0.422 e. The van der Waals surface area contributed by atoms with Gasteiger partial charge in [-0.1, -0.05) is 15.9 Å². The summed E-state index contributed by atoms with van der Waals surface area (Å²) in [6, 6.07) is 5.47. The summed E-state index contributed by atoms with van der Waals surface area (Å²) in [5, 5.41) is 2.42. The molecule has 0 atom stereocenters. The van der Waals surface area contributed by atoms with Gasteiger partial charge in [-0.25, -0.2) is 9.78 Å². The van der Waals surface area contributed by atoms with Crippen molar-refractivity contribution in [3.8, 4) is 5.75 Å². The Morgan fingerprint density at radius 3 is 2.95 bits per heavy atom. The summed E-state index contributed by atoms with van der Waals surface area (Å²) in [5.74, 6) is 0.0820. The number of methoxy groups -OCH3 is 1. The first-order chi connectivity index (χ1) is 9.10. The second-order valence-corrected chi connectivity index (χ2v) is 5.72. The average Bonchev–Trinajstić information content (AvgIpc) is 2.82. The minimum atomic E-state index is -0.455. The maximum absolute atomic E-state index is 11.9. The lowest BCUT2D eigenvalue weighted by molar-refractivity contribution is 0.0727. The Bertz CT molecular complexity index is 597. The number of carbonyl (C=O) groups excluding carboxylic acids is 1. The normalized spacial score (nSPS) is 10.5. The van der Waals surface area contributed by atoms with Crippen molar-refractivity contribution in [2.24, 2.45) is 0 Å². The fourth-order valence-corrected chi connectivity index (χ4v) is 2.68. The molecule has 0 saturated carbocycles. The molecule has 4 nitrogen and oxygen atoms in total. The Hall–Kier alpha value is -1.24. The van der Waals surface area contributed by atoms with Crippen molar-refractivity contribution in [2.45, 2.75) is 13.5 Å². The van der Waals surface area contributed by atoms with E-state index in [0.29, 0.717) is 18.1 Å². The quantitative estimate of drug-likeness (QED) is 0.629. The third-order valence-corrected chi connectivity index (χ3v) is 3.68. The van der Waals surface area contributed by atoms with Gasteiger partial charge in [0.15, 0.2) is 5.69 Å².